The molecule has 2 aromatic rings. The fourth-order valence-corrected chi connectivity index (χ4v) is 16.7. The van der Waals surface area contributed by atoms with Crippen LogP contribution in [0.15, 0.2) is 42.6 Å². The van der Waals surface area contributed by atoms with Crippen molar-refractivity contribution in [3.05, 3.63) is 54.3 Å². The maximum atomic E-state index is 15.7. The van der Waals surface area contributed by atoms with Gasteiger partial charge in [0, 0.05) is 31.1 Å². The van der Waals surface area contributed by atoms with Gasteiger partial charge in [0.1, 0.15) is 17.7 Å². The minimum absolute atomic E-state index is 0.0423. The van der Waals surface area contributed by atoms with E-state index in [2.05, 4.69) is 58.0 Å². The normalized spacial score (nSPS) is 42.7. The van der Waals surface area contributed by atoms with Crippen molar-refractivity contribution in [1.82, 2.24) is 14.9 Å². The van der Waals surface area contributed by atoms with Crippen LogP contribution in [0.3, 0.4) is 0 Å². The molecule has 7 fully saturated rings. The highest BCUT2D eigenvalue weighted by molar-refractivity contribution is 5.85. The van der Waals surface area contributed by atoms with Gasteiger partial charge in [-0.25, -0.2) is 9.37 Å². The van der Waals surface area contributed by atoms with Gasteiger partial charge in [-0.1, -0.05) is 72.8 Å². The van der Waals surface area contributed by atoms with Crippen LogP contribution in [0.1, 0.15) is 144 Å². The summed E-state index contributed by atoms with van der Waals surface area (Å²) >= 11 is 0. The zero-order valence-corrected chi connectivity index (χ0v) is 38.8. The fourth-order valence-electron chi connectivity index (χ4n) is 16.7. The number of nitrogens with zero attached hydrogens (tertiary/aromatic N) is 2. The lowest BCUT2D eigenvalue weighted by Crippen LogP contribution is -2.67. The third-order valence-corrected chi connectivity index (χ3v) is 20.4. The number of likely N-dealkylation sites (tertiary alicyclic amines) is 1. The summed E-state index contributed by atoms with van der Waals surface area (Å²) in [5.74, 6) is 0.513. The minimum atomic E-state index is -0.830. The van der Waals surface area contributed by atoms with Crippen molar-refractivity contribution < 1.29 is 33.4 Å². The highest BCUT2D eigenvalue weighted by Gasteiger charge is 2.73. The van der Waals surface area contributed by atoms with E-state index in [1.54, 1.807) is 19.4 Å². The lowest BCUT2D eigenvalue weighted by atomic mass is 9.32. The Bertz CT molecular complexity index is 2150. The molecule has 0 radical (unpaired) electrons. The molecule has 1 aromatic carbocycles. The number of benzene rings is 1. The van der Waals surface area contributed by atoms with Crippen molar-refractivity contribution in [3.63, 3.8) is 0 Å². The van der Waals surface area contributed by atoms with Crippen molar-refractivity contribution in [2.45, 2.75) is 151 Å². The van der Waals surface area contributed by atoms with Gasteiger partial charge in [0.25, 0.3) is 0 Å². The van der Waals surface area contributed by atoms with Crippen LogP contribution >= 0.6 is 0 Å². The van der Waals surface area contributed by atoms with Gasteiger partial charge in [0.15, 0.2) is 0 Å². The number of carbonyl (C=O) groups is 3. The standard InChI is InChI=1S/C52H72FN3O6/c1-29(2)33-16-21-52(46(60)56-28-32(61-10)25-38(56)43-54-27-37(55-43)30-12-11-13-31(53)24-30)23-22-50(8)34(42(33)52)14-15-40-49(7)19-18-41(48(5,6)39(49)17-20-51(40,50)9)62-45(59)36-26-35(44(57)58)47(36,3)4/h11-13,24,27,32-36,38-42H,1,14-23,25-26,28H2,2-10H3,(H,54,55)(H,57,58)/t32-,33+,34-,35+,36-,38+,39+,40-,41+,42-,49+,50-,51-,52+/m1/s1. The Morgan fingerprint density at radius 1 is 0.887 bits per heavy atom. The Morgan fingerprint density at radius 3 is 2.32 bits per heavy atom. The molecule has 6 saturated carbocycles. The molecular formula is C52H72FN3O6. The molecule has 0 bridgehead atoms. The summed E-state index contributed by atoms with van der Waals surface area (Å²) in [7, 11) is 1.73. The molecule has 14 atom stereocenters. The van der Waals surface area contributed by atoms with Gasteiger partial charge < -0.3 is 24.5 Å². The maximum absolute atomic E-state index is 15.7. The smallest absolute Gasteiger partial charge is 0.309 e. The molecule has 1 aliphatic heterocycles. The van der Waals surface area contributed by atoms with Crippen LogP contribution in [0.5, 0.6) is 0 Å². The highest BCUT2D eigenvalue weighted by Crippen LogP contribution is 2.78. The van der Waals surface area contributed by atoms with Gasteiger partial charge in [-0.2, -0.15) is 0 Å². The fraction of sp³-hybridized carbons (Fsp3) is 0.731. The molecule has 1 aromatic heterocycles. The van der Waals surface area contributed by atoms with Gasteiger partial charge in [-0.15, -0.1) is 0 Å². The van der Waals surface area contributed by atoms with E-state index in [0.29, 0.717) is 37.1 Å². The van der Waals surface area contributed by atoms with Crippen LogP contribution in [-0.2, 0) is 23.9 Å². The number of ether oxygens (including phenoxy) is 2. The van der Waals surface area contributed by atoms with Gasteiger partial charge >= 0.3 is 11.9 Å². The van der Waals surface area contributed by atoms with Crippen molar-refractivity contribution in [2.75, 3.05) is 13.7 Å². The number of carbonyl (C=O) groups excluding carboxylic acids is 2. The number of H-pyrrole nitrogens is 1. The third-order valence-electron chi connectivity index (χ3n) is 20.4. The summed E-state index contributed by atoms with van der Waals surface area (Å²) in [6.07, 6.45) is 12.5. The summed E-state index contributed by atoms with van der Waals surface area (Å²) in [5, 5.41) is 9.72. The van der Waals surface area contributed by atoms with Crippen molar-refractivity contribution >= 4 is 17.8 Å². The molecule has 2 N–H and O–H groups in total. The SMILES string of the molecule is C=C(C)[C@@H]1CC[C@]2(C(=O)N3C[C@H](OC)C[C@H]3c3ncc(-c4cccc(F)c4)[nH]3)CC[C@]3(C)[C@H](CC[C@@H]4[C@@]5(C)CC[C@H](OC(=O)[C@H]6C[C@@H](C(=O)O)C6(C)C)C(C)(C)[C@@H]5CC[C@]43C)[C@@H]12. The first-order valence-corrected chi connectivity index (χ1v) is 23.9. The number of esters is 1. The molecule has 1 saturated heterocycles. The van der Waals surface area contributed by atoms with Gasteiger partial charge in [-0.3, -0.25) is 14.4 Å². The molecule has 10 heteroatoms. The number of carboxylic acid groups (broad SMARTS) is 1. The molecule has 2 heterocycles. The number of hydrogen-bond acceptors (Lipinski definition) is 6. The van der Waals surface area contributed by atoms with Gasteiger partial charge in [0.05, 0.1) is 41.3 Å². The number of hydrogen-bond donors (Lipinski definition) is 2. The second kappa shape index (κ2) is 14.7. The number of imidazole rings is 1. The van der Waals surface area contributed by atoms with Crippen LogP contribution in [0.4, 0.5) is 4.39 Å². The second-order valence-electron chi connectivity index (χ2n) is 23.4. The van der Waals surface area contributed by atoms with Crippen LogP contribution < -0.4 is 0 Å². The van der Waals surface area contributed by atoms with E-state index in [-0.39, 0.29) is 75.4 Å². The summed E-state index contributed by atoms with van der Waals surface area (Å²) in [6.45, 7) is 23.6. The largest absolute Gasteiger partial charge is 0.481 e. The van der Waals surface area contributed by atoms with E-state index in [0.717, 1.165) is 81.3 Å². The Hall–Kier alpha value is -3.53. The van der Waals surface area contributed by atoms with Crippen molar-refractivity contribution in [1.29, 1.82) is 0 Å². The summed E-state index contributed by atoms with van der Waals surface area (Å²) in [4.78, 5) is 51.7. The maximum Gasteiger partial charge on any atom is 0.309 e. The molecule has 9 rings (SSSR count). The number of aliphatic carboxylic acids is 1. The average molecular weight is 854 g/mol. The summed E-state index contributed by atoms with van der Waals surface area (Å²) < 4.78 is 26.7. The average Bonchev–Trinajstić information content (AvgIpc) is 3.96. The molecule has 1 amide bonds. The molecule has 62 heavy (non-hydrogen) atoms. The number of carboxylic acids is 1. The minimum Gasteiger partial charge on any atom is -0.481 e. The van der Waals surface area contributed by atoms with E-state index in [1.165, 1.54) is 17.7 Å². The van der Waals surface area contributed by atoms with Crippen LogP contribution in [0.2, 0.25) is 0 Å². The van der Waals surface area contributed by atoms with Crippen LogP contribution in [-0.4, -0.2) is 63.7 Å². The quantitative estimate of drug-likeness (QED) is 0.200. The number of allylic oxidation sites excluding steroid dienone is 1. The monoisotopic (exact) mass is 854 g/mol. The topological polar surface area (TPSA) is 122 Å². The first-order valence-electron chi connectivity index (χ1n) is 23.9. The lowest BCUT2D eigenvalue weighted by molar-refractivity contribution is -0.251. The summed E-state index contributed by atoms with van der Waals surface area (Å²) in [6, 6.07) is 6.26. The number of methoxy groups -OCH3 is 1. The van der Waals surface area contributed by atoms with Gasteiger partial charge in [0.2, 0.25) is 5.91 Å². The second-order valence-corrected chi connectivity index (χ2v) is 23.4. The Labute approximate surface area is 368 Å². The van der Waals surface area contributed by atoms with E-state index in [1.807, 2.05) is 19.9 Å². The third kappa shape index (κ3) is 6.12. The molecule has 0 unspecified atom stereocenters. The molecular weight excluding hydrogens is 782 g/mol. The molecule has 9 nitrogen and oxygen atoms in total. The predicted molar refractivity (Wildman–Crippen MR) is 236 cm³/mol. The zero-order chi connectivity index (χ0) is 44.5. The van der Waals surface area contributed by atoms with Crippen LogP contribution in [0, 0.1) is 79.7 Å². The van der Waals surface area contributed by atoms with Crippen LogP contribution in [0.25, 0.3) is 11.3 Å². The van der Waals surface area contributed by atoms with E-state index in [4.69, 9.17) is 14.5 Å². The number of rotatable bonds is 8. The Kier molecular flexibility index (Phi) is 10.4. The van der Waals surface area contributed by atoms with E-state index in [9.17, 15) is 19.1 Å². The first-order chi connectivity index (χ1) is 29.1. The molecule has 6 aliphatic carbocycles. The Morgan fingerprint density at radius 2 is 1.65 bits per heavy atom. The Balaban J connectivity index is 0.981. The number of fused-ring (bicyclic) bond motifs is 7. The lowest BCUT2D eigenvalue weighted by Gasteiger charge is -2.73. The molecule has 338 valence electrons. The van der Waals surface area contributed by atoms with Crippen molar-refractivity contribution in [2.24, 2.45) is 73.9 Å². The zero-order valence-electron chi connectivity index (χ0n) is 38.8. The molecule has 0 spiro atoms. The number of amides is 1. The number of halogens is 1. The number of aromatic nitrogens is 2. The first kappa shape index (κ1) is 43.7. The van der Waals surface area contributed by atoms with Gasteiger partial charge in [-0.05, 0) is 141 Å². The summed E-state index contributed by atoms with van der Waals surface area (Å²) in [5.41, 5.74) is 1.56. The predicted octanol–water partition coefficient (Wildman–Crippen LogP) is 10.8. The van der Waals surface area contributed by atoms with E-state index >= 15 is 4.79 Å². The number of nitrogens with one attached hydrogen (secondary N) is 1. The van der Waals surface area contributed by atoms with E-state index < -0.39 is 22.7 Å². The van der Waals surface area contributed by atoms with Crippen molar-refractivity contribution in [3.8, 4) is 11.3 Å². The molecule has 7 aliphatic rings. The highest BCUT2D eigenvalue weighted by atomic mass is 19.1. The number of aromatic amines is 1.